The molecule has 0 radical (unpaired) electrons. The molecule has 1 heterocycles. The van der Waals surface area contributed by atoms with Gasteiger partial charge in [0.1, 0.15) is 0 Å². The normalized spacial score (nSPS) is 20.4. The summed E-state index contributed by atoms with van der Waals surface area (Å²) in [5.74, 6) is -0.495. The van der Waals surface area contributed by atoms with Crippen LogP contribution in [0.15, 0.2) is 29.3 Å². The molecule has 142 valence electrons. The second kappa shape index (κ2) is 8.92. The van der Waals surface area contributed by atoms with Crippen molar-refractivity contribution >= 4 is 45.5 Å². The van der Waals surface area contributed by atoms with Gasteiger partial charge in [-0.25, -0.2) is 8.42 Å². The highest BCUT2D eigenvalue weighted by Crippen LogP contribution is 2.29. The molecule has 1 saturated heterocycles. The molecule has 25 heavy (non-hydrogen) atoms. The van der Waals surface area contributed by atoms with E-state index in [-0.39, 0.29) is 47.9 Å². The van der Waals surface area contributed by atoms with E-state index in [0.717, 1.165) is 12.5 Å². The number of ether oxygens (including phenoxy) is 1. The van der Waals surface area contributed by atoms with Crippen LogP contribution in [0.4, 0.5) is 18.9 Å². The van der Waals surface area contributed by atoms with Gasteiger partial charge < -0.3 is 15.8 Å². The fraction of sp³-hybridized carbons (Fsp3) is 0.500. The van der Waals surface area contributed by atoms with E-state index in [1.807, 2.05) is 0 Å². The van der Waals surface area contributed by atoms with Crippen molar-refractivity contribution in [1.29, 1.82) is 0 Å². The Morgan fingerprint density at radius 3 is 2.64 bits per heavy atom. The summed E-state index contributed by atoms with van der Waals surface area (Å²) in [7, 11) is -3.19. The molecule has 0 saturated carbocycles. The second-order valence-electron chi connectivity index (χ2n) is 5.38. The van der Waals surface area contributed by atoms with E-state index in [2.05, 4.69) is 15.0 Å². The molecule has 0 bridgehead atoms. The zero-order valence-electron chi connectivity index (χ0n) is 13.1. The minimum absolute atomic E-state index is 0. The van der Waals surface area contributed by atoms with Crippen molar-refractivity contribution in [2.75, 3.05) is 17.6 Å². The first kappa shape index (κ1) is 21.8. The van der Waals surface area contributed by atoms with Crippen LogP contribution < -0.4 is 15.8 Å². The molecule has 0 amide bonds. The number of alkyl halides is 3. The monoisotopic (exact) mass is 493 g/mol. The third kappa shape index (κ3) is 6.88. The molecular formula is C14H19F3IN3O3S. The van der Waals surface area contributed by atoms with E-state index in [9.17, 15) is 21.6 Å². The molecule has 0 aliphatic carbocycles. The van der Waals surface area contributed by atoms with Crippen LogP contribution in [0.25, 0.3) is 0 Å². The summed E-state index contributed by atoms with van der Waals surface area (Å²) in [5.41, 5.74) is 5.64. The van der Waals surface area contributed by atoms with Gasteiger partial charge in [-0.3, -0.25) is 4.99 Å². The first-order valence-electron chi connectivity index (χ1n) is 7.31. The molecule has 6 nitrogen and oxygen atoms in total. The number of nitrogens with zero attached hydrogens (tertiary/aromatic N) is 1. The van der Waals surface area contributed by atoms with E-state index in [1.54, 1.807) is 0 Å². The molecule has 1 unspecified atom stereocenters. The molecule has 0 spiro atoms. The second-order valence-corrected chi connectivity index (χ2v) is 7.78. The van der Waals surface area contributed by atoms with Crippen molar-refractivity contribution < 1.29 is 26.3 Å². The average Bonchev–Trinajstić information content (AvgIpc) is 2.46. The van der Waals surface area contributed by atoms with E-state index in [4.69, 9.17) is 5.73 Å². The number of rotatable bonds is 4. The smallest absolute Gasteiger partial charge is 0.404 e. The highest BCUT2D eigenvalue weighted by atomic mass is 127. The maximum atomic E-state index is 12.4. The number of benzene rings is 1. The minimum Gasteiger partial charge on any atom is -0.404 e. The standard InChI is InChI=1S/C14H18F3N3O3S.HI/c15-14(16,17)23-12-7-2-1-6-11(12)20-13(18)19-9-10-5-3-4-8-24(10,21)22;/h1-2,6-7,10H,3-5,8-9H2,(H3,18,19,20);1H. The Morgan fingerprint density at radius 2 is 2.00 bits per heavy atom. The fourth-order valence-corrected chi connectivity index (χ4v) is 4.15. The van der Waals surface area contributed by atoms with Crippen molar-refractivity contribution in [2.45, 2.75) is 30.9 Å². The third-order valence-corrected chi connectivity index (χ3v) is 5.81. The van der Waals surface area contributed by atoms with Gasteiger partial charge in [0, 0.05) is 0 Å². The van der Waals surface area contributed by atoms with Gasteiger partial charge in [-0.05, 0) is 25.0 Å². The summed E-state index contributed by atoms with van der Waals surface area (Å²) in [6, 6.07) is 5.37. The lowest BCUT2D eigenvalue weighted by Gasteiger charge is -2.20. The zero-order chi connectivity index (χ0) is 17.8. The number of nitrogens with one attached hydrogen (secondary N) is 1. The van der Waals surface area contributed by atoms with Crippen LogP contribution in [0.1, 0.15) is 19.3 Å². The van der Waals surface area contributed by atoms with Crippen LogP contribution in [0.2, 0.25) is 0 Å². The summed E-state index contributed by atoms with van der Waals surface area (Å²) in [5, 5.41) is 1.90. The average molecular weight is 493 g/mol. The van der Waals surface area contributed by atoms with Crippen LogP contribution in [-0.4, -0.2) is 38.3 Å². The van der Waals surface area contributed by atoms with E-state index >= 15 is 0 Å². The number of hydrogen-bond acceptors (Lipinski definition) is 4. The Labute approximate surface area is 161 Å². The summed E-state index contributed by atoms with van der Waals surface area (Å²) < 4.78 is 64.7. The Bertz CT molecular complexity index is 711. The topological polar surface area (TPSA) is 93.8 Å². The van der Waals surface area contributed by atoms with Gasteiger partial charge in [0.25, 0.3) is 0 Å². The summed E-state index contributed by atoms with van der Waals surface area (Å²) in [4.78, 5) is 3.94. The molecule has 1 fully saturated rings. The molecule has 2 rings (SSSR count). The highest BCUT2D eigenvalue weighted by Gasteiger charge is 2.32. The molecular weight excluding hydrogens is 474 g/mol. The van der Waals surface area contributed by atoms with Crippen molar-refractivity contribution in [3.8, 4) is 5.75 Å². The SMILES string of the molecule is I.NC(=NCC1CCCCS1(=O)=O)Nc1ccccc1OC(F)(F)F. The summed E-state index contributed by atoms with van der Waals surface area (Å²) in [6.45, 7) is -0.0243. The largest absolute Gasteiger partial charge is 0.573 e. The number of hydrogen-bond donors (Lipinski definition) is 2. The molecule has 1 aromatic rings. The lowest BCUT2D eigenvalue weighted by Crippen LogP contribution is -2.32. The zero-order valence-corrected chi connectivity index (χ0v) is 16.3. The van der Waals surface area contributed by atoms with Crippen LogP contribution in [0, 0.1) is 0 Å². The van der Waals surface area contributed by atoms with Gasteiger partial charge in [-0.1, -0.05) is 18.6 Å². The number of para-hydroxylation sites is 2. The van der Waals surface area contributed by atoms with Gasteiger partial charge in [0.05, 0.1) is 23.2 Å². The molecule has 0 aromatic heterocycles. The maximum Gasteiger partial charge on any atom is 0.573 e. The van der Waals surface area contributed by atoms with Gasteiger partial charge in [-0.15, -0.1) is 37.1 Å². The van der Waals surface area contributed by atoms with Crippen LogP contribution in [-0.2, 0) is 9.84 Å². The number of sulfone groups is 1. The van der Waals surface area contributed by atoms with Crippen molar-refractivity contribution in [3.05, 3.63) is 24.3 Å². The number of aliphatic imine (C=N–C) groups is 1. The van der Waals surface area contributed by atoms with Crippen LogP contribution in [0.5, 0.6) is 5.75 Å². The first-order valence-corrected chi connectivity index (χ1v) is 9.02. The number of halogens is 4. The number of guanidine groups is 1. The fourth-order valence-electron chi connectivity index (χ4n) is 2.39. The van der Waals surface area contributed by atoms with Gasteiger partial charge in [-0.2, -0.15) is 0 Å². The summed E-state index contributed by atoms with van der Waals surface area (Å²) in [6.07, 6.45) is -2.89. The van der Waals surface area contributed by atoms with Gasteiger partial charge in [0.2, 0.25) is 0 Å². The molecule has 1 aliphatic rings. The quantitative estimate of drug-likeness (QED) is 0.383. The van der Waals surface area contributed by atoms with Gasteiger partial charge >= 0.3 is 6.36 Å². The van der Waals surface area contributed by atoms with Crippen molar-refractivity contribution in [3.63, 3.8) is 0 Å². The molecule has 1 aromatic carbocycles. The molecule has 11 heteroatoms. The Kier molecular flexibility index (Phi) is 7.78. The van der Waals surface area contributed by atoms with E-state index in [0.29, 0.717) is 12.8 Å². The predicted molar refractivity (Wildman–Crippen MR) is 100 cm³/mol. The first-order chi connectivity index (χ1) is 11.2. The summed E-state index contributed by atoms with van der Waals surface area (Å²) >= 11 is 0. The Hall–Kier alpha value is -1.24. The van der Waals surface area contributed by atoms with Gasteiger partial charge in [0.15, 0.2) is 21.5 Å². The van der Waals surface area contributed by atoms with Crippen molar-refractivity contribution in [2.24, 2.45) is 10.7 Å². The van der Waals surface area contributed by atoms with Crippen molar-refractivity contribution in [1.82, 2.24) is 0 Å². The van der Waals surface area contributed by atoms with E-state index < -0.39 is 27.2 Å². The lowest BCUT2D eigenvalue weighted by atomic mass is 10.2. The van der Waals surface area contributed by atoms with Crippen LogP contribution in [0.3, 0.4) is 0 Å². The Morgan fingerprint density at radius 1 is 1.32 bits per heavy atom. The highest BCUT2D eigenvalue weighted by molar-refractivity contribution is 14.0. The van der Waals surface area contributed by atoms with E-state index in [1.165, 1.54) is 18.2 Å². The van der Waals surface area contributed by atoms with Crippen LogP contribution >= 0.6 is 24.0 Å². The maximum absolute atomic E-state index is 12.4. The molecule has 1 atom stereocenters. The molecule has 3 N–H and O–H groups in total. The lowest BCUT2D eigenvalue weighted by molar-refractivity contribution is -0.274. The number of anilines is 1. The minimum atomic E-state index is -4.83. The number of nitrogens with two attached hydrogens (primary N) is 1. The Balaban J connectivity index is 0.00000312. The third-order valence-electron chi connectivity index (χ3n) is 3.55. The molecule has 1 aliphatic heterocycles. The predicted octanol–water partition coefficient (Wildman–Crippen LogP) is 2.90.